The van der Waals surface area contributed by atoms with Gasteiger partial charge < -0.3 is 19.9 Å². The summed E-state index contributed by atoms with van der Waals surface area (Å²) in [6.45, 7) is 11.6. The van der Waals surface area contributed by atoms with Crippen LogP contribution in [0.15, 0.2) is 12.1 Å². The van der Waals surface area contributed by atoms with E-state index >= 15 is 0 Å². The van der Waals surface area contributed by atoms with Crippen molar-refractivity contribution in [1.29, 1.82) is 0 Å². The zero-order valence-corrected chi connectivity index (χ0v) is 17.9. The van der Waals surface area contributed by atoms with Gasteiger partial charge >= 0.3 is 0 Å². The number of nitrogens with one attached hydrogen (secondary N) is 1. The first-order valence-electron chi connectivity index (χ1n) is 9.68. The summed E-state index contributed by atoms with van der Waals surface area (Å²) in [4.78, 5) is 40.7. The lowest BCUT2D eigenvalue weighted by atomic mass is 9.99. The third-order valence-corrected chi connectivity index (χ3v) is 4.77. The van der Waals surface area contributed by atoms with Gasteiger partial charge in [-0.05, 0) is 52.3 Å². The Hall–Kier alpha value is -2.57. The molecule has 0 saturated carbocycles. The van der Waals surface area contributed by atoms with Gasteiger partial charge in [0.05, 0.1) is 5.69 Å². The third-order valence-electron chi connectivity index (χ3n) is 4.77. The summed E-state index contributed by atoms with van der Waals surface area (Å²) in [5, 5.41) is 2.89. The lowest BCUT2D eigenvalue weighted by molar-refractivity contribution is -0.133. The molecule has 7 nitrogen and oxygen atoms in total. The summed E-state index contributed by atoms with van der Waals surface area (Å²) in [5.41, 5.74) is 0.821. The Morgan fingerprint density at radius 1 is 1.29 bits per heavy atom. The van der Waals surface area contributed by atoms with Gasteiger partial charge in [-0.1, -0.05) is 6.92 Å². The smallest absolute Gasteiger partial charge is 0.270 e. The van der Waals surface area contributed by atoms with E-state index in [1.807, 2.05) is 20.8 Å². The fraction of sp³-hybridized carbons (Fsp3) is 0.571. The van der Waals surface area contributed by atoms with Crippen molar-refractivity contribution < 1.29 is 19.1 Å². The first-order valence-corrected chi connectivity index (χ1v) is 9.68. The van der Waals surface area contributed by atoms with Gasteiger partial charge in [0.1, 0.15) is 5.75 Å². The van der Waals surface area contributed by atoms with E-state index in [0.717, 1.165) is 5.56 Å². The van der Waals surface area contributed by atoms with E-state index in [1.54, 1.807) is 49.8 Å². The summed E-state index contributed by atoms with van der Waals surface area (Å²) in [5.74, 6) is 0.191. The van der Waals surface area contributed by atoms with Gasteiger partial charge in [0.25, 0.3) is 11.8 Å². The molecule has 1 aromatic carbocycles. The lowest BCUT2D eigenvalue weighted by Gasteiger charge is -2.39. The number of ether oxygens (including phenoxy) is 1. The zero-order valence-electron chi connectivity index (χ0n) is 17.9. The van der Waals surface area contributed by atoms with Gasteiger partial charge in [0.2, 0.25) is 5.91 Å². The van der Waals surface area contributed by atoms with Crippen LogP contribution in [0.4, 0.5) is 5.69 Å². The first-order chi connectivity index (χ1) is 13.0. The number of carbonyl (C=O) groups is 3. The molecule has 2 rings (SSSR count). The van der Waals surface area contributed by atoms with Crippen molar-refractivity contribution in [1.82, 2.24) is 10.2 Å². The second-order valence-corrected chi connectivity index (χ2v) is 8.00. The van der Waals surface area contributed by atoms with Crippen LogP contribution in [0, 0.1) is 6.92 Å². The van der Waals surface area contributed by atoms with Crippen LogP contribution in [0.3, 0.4) is 0 Å². The Morgan fingerprint density at radius 3 is 2.50 bits per heavy atom. The predicted molar refractivity (Wildman–Crippen MR) is 109 cm³/mol. The molecule has 1 aliphatic rings. The Balaban J connectivity index is 2.42. The van der Waals surface area contributed by atoms with Crippen LogP contribution in [-0.4, -0.2) is 54.4 Å². The highest BCUT2D eigenvalue weighted by Gasteiger charge is 2.41. The molecule has 0 radical (unpaired) electrons. The molecule has 0 bridgehead atoms. The highest BCUT2D eigenvalue weighted by molar-refractivity contribution is 6.05. The third kappa shape index (κ3) is 4.46. The van der Waals surface area contributed by atoms with E-state index in [-0.39, 0.29) is 23.8 Å². The SMILES string of the molecule is CCC(=O)N(C)CCN1C(=O)C(C)(C)Oc2cc(C)c(C(=O)NC(C)C)cc21. The van der Waals surface area contributed by atoms with Crippen molar-refractivity contribution in [3.8, 4) is 5.75 Å². The maximum atomic E-state index is 13.0. The highest BCUT2D eigenvalue weighted by atomic mass is 16.5. The number of hydrogen-bond acceptors (Lipinski definition) is 4. The fourth-order valence-electron chi connectivity index (χ4n) is 3.17. The fourth-order valence-corrected chi connectivity index (χ4v) is 3.17. The average molecular weight is 389 g/mol. The molecule has 1 N–H and O–H groups in total. The van der Waals surface area contributed by atoms with Crippen molar-refractivity contribution in [3.05, 3.63) is 23.3 Å². The van der Waals surface area contributed by atoms with Crippen molar-refractivity contribution >= 4 is 23.4 Å². The lowest BCUT2D eigenvalue weighted by Crippen LogP contribution is -2.54. The zero-order chi connectivity index (χ0) is 21.2. The largest absolute Gasteiger partial charge is 0.476 e. The standard InChI is InChI=1S/C21H31N3O4/c1-8-18(25)23(7)9-10-24-16-12-15(19(26)22-13(2)3)14(4)11-17(16)28-21(5,6)20(24)27/h11-13H,8-10H2,1-7H3,(H,22,26). The molecule has 0 atom stereocenters. The van der Waals surface area contributed by atoms with Crippen LogP contribution in [0.25, 0.3) is 0 Å². The van der Waals surface area contributed by atoms with E-state index < -0.39 is 5.60 Å². The molecule has 1 aliphatic heterocycles. The van der Waals surface area contributed by atoms with Crippen LogP contribution < -0.4 is 15.0 Å². The van der Waals surface area contributed by atoms with Gasteiger partial charge in [-0.2, -0.15) is 0 Å². The van der Waals surface area contributed by atoms with Gasteiger partial charge in [-0.15, -0.1) is 0 Å². The molecule has 154 valence electrons. The quantitative estimate of drug-likeness (QED) is 0.811. The Morgan fingerprint density at radius 2 is 1.93 bits per heavy atom. The Bertz CT molecular complexity index is 786. The summed E-state index contributed by atoms with van der Waals surface area (Å²) in [7, 11) is 1.72. The summed E-state index contributed by atoms with van der Waals surface area (Å²) < 4.78 is 5.93. The predicted octanol–water partition coefficient (Wildman–Crippen LogP) is 2.51. The average Bonchev–Trinajstić information content (AvgIpc) is 2.60. The van der Waals surface area contributed by atoms with Crippen molar-refractivity contribution in [2.75, 3.05) is 25.0 Å². The number of aryl methyl sites for hydroxylation is 1. The molecular weight excluding hydrogens is 358 g/mol. The maximum Gasteiger partial charge on any atom is 0.270 e. The summed E-state index contributed by atoms with van der Waals surface area (Å²) in [6.07, 6.45) is 0.411. The minimum Gasteiger partial charge on any atom is -0.476 e. The minimum atomic E-state index is -1.02. The van der Waals surface area contributed by atoms with E-state index in [0.29, 0.717) is 36.5 Å². The number of amides is 3. The normalized spacial score (nSPS) is 15.1. The molecule has 28 heavy (non-hydrogen) atoms. The minimum absolute atomic E-state index is 0.00422. The van der Waals surface area contributed by atoms with E-state index in [2.05, 4.69) is 5.32 Å². The van der Waals surface area contributed by atoms with Crippen molar-refractivity contribution in [2.45, 2.75) is 59.6 Å². The van der Waals surface area contributed by atoms with E-state index in [1.165, 1.54) is 0 Å². The number of nitrogens with zero attached hydrogens (tertiary/aromatic N) is 2. The molecule has 0 fully saturated rings. The molecule has 3 amide bonds. The Kier molecular flexibility index (Phi) is 6.37. The Labute approximate surface area is 167 Å². The van der Waals surface area contributed by atoms with Crippen LogP contribution in [0.2, 0.25) is 0 Å². The van der Waals surface area contributed by atoms with Gasteiger partial charge in [0, 0.05) is 38.2 Å². The van der Waals surface area contributed by atoms with Crippen LogP contribution in [-0.2, 0) is 9.59 Å². The molecule has 0 aliphatic carbocycles. The number of hydrogen-bond donors (Lipinski definition) is 1. The topological polar surface area (TPSA) is 79.0 Å². The molecule has 0 spiro atoms. The number of rotatable bonds is 6. The molecule has 0 aromatic heterocycles. The number of carbonyl (C=O) groups excluding carboxylic acids is 3. The summed E-state index contributed by atoms with van der Waals surface area (Å²) >= 11 is 0. The molecule has 7 heteroatoms. The van der Waals surface area contributed by atoms with Gasteiger partial charge in [0.15, 0.2) is 5.60 Å². The number of anilines is 1. The maximum absolute atomic E-state index is 13.0. The number of benzene rings is 1. The number of fused-ring (bicyclic) bond motifs is 1. The van der Waals surface area contributed by atoms with Crippen molar-refractivity contribution in [2.24, 2.45) is 0 Å². The molecule has 0 unspecified atom stereocenters. The van der Waals surface area contributed by atoms with E-state index in [9.17, 15) is 14.4 Å². The monoisotopic (exact) mass is 389 g/mol. The highest BCUT2D eigenvalue weighted by Crippen LogP contribution is 2.39. The number of likely N-dealkylation sites (N-methyl/N-ethyl adjacent to an activating group) is 1. The molecule has 0 saturated heterocycles. The van der Waals surface area contributed by atoms with Crippen LogP contribution in [0.5, 0.6) is 5.75 Å². The van der Waals surface area contributed by atoms with Gasteiger partial charge in [-0.25, -0.2) is 0 Å². The van der Waals surface area contributed by atoms with Crippen LogP contribution >= 0.6 is 0 Å². The molecular formula is C21H31N3O4. The summed E-state index contributed by atoms with van der Waals surface area (Å²) in [6, 6.07) is 3.51. The second-order valence-electron chi connectivity index (χ2n) is 8.00. The van der Waals surface area contributed by atoms with Crippen LogP contribution in [0.1, 0.15) is 57.0 Å². The van der Waals surface area contributed by atoms with E-state index in [4.69, 9.17) is 4.74 Å². The van der Waals surface area contributed by atoms with Gasteiger partial charge in [-0.3, -0.25) is 14.4 Å². The molecule has 1 heterocycles. The molecule has 1 aromatic rings. The first kappa shape index (κ1) is 21.7. The van der Waals surface area contributed by atoms with Crippen molar-refractivity contribution in [3.63, 3.8) is 0 Å². The second kappa shape index (κ2) is 8.20.